The SMILES string of the molecule is COc1ccc(S(=O)(=O)Oc2c(C3CC3)ncc3ccccc23)cc1. The highest BCUT2D eigenvalue weighted by Gasteiger charge is 2.31. The first-order valence-corrected chi connectivity index (χ1v) is 9.45. The van der Waals surface area contributed by atoms with E-state index in [9.17, 15) is 8.42 Å². The third kappa shape index (κ3) is 3.05. The molecule has 0 spiro atoms. The molecule has 0 N–H and O–H groups in total. The van der Waals surface area contributed by atoms with Crippen LogP contribution in [0.2, 0.25) is 0 Å². The molecule has 0 radical (unpaired) electrons. The lowest BCUT2D eigenvalue weighted by molar-refractivity contribution is 0.414. The first-order valence-electron chi connectivity index (χ1n) is 8.04. The van der Waals surface area contributed by atoms with Crippen LogP contribution in [0, 0.1) is 0 Å². The van der Waals surface area contributed by atoms with Crippen molar-refractivity contribution in [3.05, 3.63) is 60.4 Å². The fourth-order valence-electron chi connectivity index (χ4n) is 2.79. The minimum absolute atomic E-state index is 0.0861. The van der Waals surface area contributed by atoms with E-state index in [1.807, 2.05) is 24.3 Å². The van der Waals surface area contributed by atoms with Gasteiger partial charge >= 0.3 is 10.1 Å². The van der Waals surface area contributed by atoms with Crippen LogP contribution in [0.15, 0.2) is 59.6 Å². The molecule has 1 aliphatic carbocycles. The number of hydrogen-bond acceptors (Lipinski definition) is 5. The van der Waals surface area contributed by atoms with Gasteiger partial charge in [0.15, 0.2) is 5.75 Å². The van der Waals surface area contributed by atoms with Crippen LogP contribution in [-0.4, -0.2) is 20.5 Å². The van der Waals surface area contributed by atoms with Crippen LogP contribution in [0.3, 0.4) is 0 Å². The summed E-state index contributed by atoms with van der Waals surface area (Å²) in [6.07, 6.45) is 3.78. The molecule has 128 valence electrons. The van der Waals surface area contributed by atoms with Gasteiger partial charge in [0.1, 0.15) is 10.6 Å². The highest BCUT2D eigenvalue weighted by Crippen LogP contribution is 2.45. The van der Waals surface area contributed by atoms with E-state index < -0.39 is 10.1 Å². The van der Waals surface area contributed by atoms with E-state index in [0.717, 1.165) is 29.3 Å². The Kier molecular flexibility index (Phi) is 3.84. The zero-order valence-corrected chi connectivity index (χ0v) is 14.5. The van der Waals surface area contributed by atoms with Crippen molar-refractivity contribution < 1.29 is 17.3 Å². The third-order valence-electron chi connectivity index (χ3n) is 4.29. The Balaban J connectivity index is 1.79. The number of rotatable bonds is 5. The van der Waals surface area contributed by atoms with E-state index in [1.165, 1.54) is 19.2 Å². The van der Waals surface area contributed by atoms with Gasteiger partial charge in [-0.15, -0.1) is 0 Å². The zero-order valence-electron chi connectivity index (χ0n) is 13.7. The van der Waals surface area contributed by atoms with Crippen LogP contribution >= 0.6 is 0 Å². The molecule has 0 amide bonds. The van der Waals surface area contributed by atoms with E-state index in [1.54, 1.807) is 18.3 Å². The molecule has 0 aliphatic heterocycles. The minimum atomic E-state index is -3.95. The second-order valence-corrected chi connectivity index (χ2v) is 7.59. The maximum atomic E-state index is 12.7. The number of fused-ring (bicyclic) bond motifs is 1. The van der Waals surface area contributed by atoms with E-state index in [0.29, 0.717) is 11.5 Å². The van der Waals surface area contributed by atoms with Crippen LogP contribution in [0.5, 0.6) is 11.5 Å². The number of methoxy groups -OCH3 is 1. The molecule has 2 aromatic carbocycles. The summed E-state index contributed by atoms with van der Waals surface area (Å²) < 4.78 is 36.1. The zero-order chi connectivity index (χ0) is 17.4. The summed E-state index contributed by atoms with van der Waals surface area (Å²) in [5, 5.41) is 1.61. The Hall–Kier alpha value is -2.60. The summed E-state index contributed by atoms with van der Waals surface area (Å²) >= 11 is 0. The van der Waals surface area contributed by atoms with Gasteiger partial charge in [0.2, 0.25) is 0 Å². The van der Waals surface area contributed by atoms with Crippen molar-refractivity contribution in [2.45, 2.75) is 23.7 Å². The molecule has 1 aliphatic rings. The Morgan fingerprint density at radius 3 is 2.44 bits per heavy atom. The second kappa shape index (κ2) is 6.04. The summed E-state index contributed by atoms with van der Waals surface area (Å²) in [6, 6.07) is 13.7. The molecule has 0 saturated heterocycles. The summed E-state index contributed by atoms with van der Waals surface area (Å²) in [6.45, 7) is 0. The van der Waals surface area contributed by atoms with Gasteiger partial charge in [-0.2, -0.15) is 8.42 Å². The number of pyridine rings is 1. The molecule has 6 heteroatoms. The monoisotopic (exact) mass is 355 g/mol. The van der Waals surface area contributed by atoms with Gasteiger partial charge in [0, 0.05) is 22.9 Å². The summed E-state index contributed by atoms with van der Waals surface area (Å²) in [7, 11) is -2.42. The van der Waals surface area contributed by atoms with E-state index in [2.05, 4.69) is 4.98 Å². The second-order valence-electron chi connectivity index (χ2n) is 6.05. The number of benzene rings is 2. The molecule has 1 fully saturated rings. The van der Waals surface area contributed by atoms with Gasteiger partial charge in [-0.1, -0.05) is 24.3 Å². The molecule has 0 bridgehead atoms. The molecule has 3 aromatic rings. The maximum absolute atomic E-state index is 12.7. The standard InChI is InChI=1S/C19H17NO4S/c1-23-15-8-10-16(11-9-15)25(21,22)24-19-17-5-3-2-4-14(17)12-20-18(19)13-6-7-13/h2-5,8-13H,6-7H2,1H3. The molecular weight excluding hydrogens is 338 g/mol. The number of nitrogens with zero attached hydrogens (tertiary/aromatic N) is 1. The average molecular weight is 355 g/mol. The summed E-state index contributed by atoms with van der Waals surface area (Å²) in [4.78, 5) is 4.55. The van der Waals surface area contributed by atoms with E-state index >= 15 is 0 Å². The van der Waals surface area contributed by atoms with Crippen molar-refractivity contribution in [2.75, 3.05) is 7.11 Å². The van der Waals surface area contributed by atoms with Gasteiger partial charge in [-0.3, -0.25) is 4.98 Å². The van der Waals surface area contributed by atoms with Crippen LogP contribution in [0.25, 0.3) is 10.8 Å². The van der Waals surface area contributed by atoms with Crippen LogP contribution < -0.4 is 8.92 Å². The van der Waals surface area contributed by atoms with Crippen molar-refractivity contribution in [1.29, 1.82) is 0 Å². The quantitative estimate of drug-likeness (QED) is 0.650. The van der Waals surface area contributed by atoms with Crippen LogP contribution in [0.1, 0.15) is 24.5 Å². The Morgan fingerprint density at radius 1 is 1.04 bits per heavy atom. The smallest absolute Gasteiger partial charge is 0.339 e. The lowest BCUT2D eigenvalue weighted by atomic mass is 10.1. The van der Waals surface area contributed by atoms with Crippen molar-refractivity contribution in [3.63, 3.8) is 0 Å². The Morgan fingerprint density at radius 2 is 1.76 bits per heavy atom. The lowest BCUT2D eigenvalue weighted by Crippen LogP contribution is -2.12. The van der Waals surface area contributed by atoms with Crippen molar-refractivity contribution in [2.24, 2.45) is 0 Å². The van der Waals surface area contributed by atoms with Crippen molar-refractivity contribution >= 4 is 20.9 Å². The lowest BCUT2D eigenvalue weighted by Gasteiger charge is -2.13. The normalized spacial score (nSPS) is 14.4. The van der Waals surface area contributed by atoms with Gasteiger partial charge in [0.05, 0.1) is 12.8 Å². The molecule has 1 saturated carbocycles. The third-order valence-corrected chi connectivity index (χ3v) is 5.52. The molecule has 25 heavy (non-hydrogen) atoms. The topological polar surface area (TPSA) is 65.5 Å². The van der Waals surface area contributed by atoms with Gasteiger partial charge in [-0.25, -0.2) is 0 Å². The fourth-order valence-corrected chi connectivity index (χ4v) is 3.75. The highest BCUT2D eigenvalue weighted by atomic mass is 32.2. The average Bonchev–Trinajstić information content (AvgIpc) is 3.47. The van der Waals surface area contributed by atoms with Crippen LogP contribution in [0.4, 0.5) is 0 Å². The summed E-state index contributed by atoms with van der Waals surface area (Å²) in [5.74, 6) is 1.20. The molecule has 1 heterocycles. The first-order chi connectivity index (χ1) is 12.1. The molecule has 0 atom stereocenters. The molecule has 1 aromatic heterocycles. The number of hydrogen-bond donors (Lipinski definition) is 0. The molecular formula is C19H17NO4S. The van der Waals surface area contributed by atoms with Gasteiger partial charge < -0.3 is 8.92 Å². The predicted octanol–water partition coefficient (Wildman–Crippen LogP) is 3.89. The molecule has 0 unspecified atom stereocenters. The highest BCUT2D eigenvalue weighted by molar-refractivity contribution is 7.87. The summed E-state index contributed by atoms with van der Waals surface area (Å²) in [5.41, 5.74) is 0.718. The van der Waals surface area contributed by atoms with E-state index in [-0.39, 0.29) is 10.8 Å². The van der Waals surface area contributed by atoms with Crippen molar-refractivity contribution in [3.8, 4) is 11.5 Å². The van der Waals surface area contributed by atoms with Crippen molar-refractivity contribution in [1.82, 2.24) is 4.98 Å². The maximum Gasteiger partial charge on any atom is 0.339 e. The van der Waals surface area contributed by atoms with E-state index in [4.69, 9.17) is 8.92 Å². The van der Waals surface area contributed by atoms with Crippen LogP contribution in [-0.2, 0) is 10.1 Å². The minimum Gasteiger partial charge on any atom is -0.497 e. The Labute approximate surface area is 146 Å². The number of aromatic nitrogens is 1. The van der Waals surface area contributed by atoms with Gasteiger partial charge in [-0.05, 0) is 37.1 Å². The predicted molar refractivity (Wildman–Crippen MR) is 94.5 cm³/mol. The molecule has 4 rings (SSSR count). The first kappa shape index (κ1) is 15.9. The fraction of sp³-hybridized carbons (Fsp3) is 0.211. The largest absolute Gasteiger partial charge is 0.497 e. The Bertz CT molecular complexity index is 1020. The number of ether oxygens (including phenoxy) is 1. The van der Waals surface area contributed by atoms with Gasteiger partial charge in [0.25, 0.3) is 0 Å². The molecule has 5 nitrogen and oxygen atoms in total.